The predicted molar refractivity (Wildman–Crippen MR) is 249 cm³/mol. The Kier molecular flexibility index (Phi) is 12.0. The Morgan fingerprint density at radius 1 is 0.692 bits per heavy atom. The lowest BCUT2D eigenvalue weighted by molar-refractivity contribution is 0.0206. The van der Waals surface area contributed by atoms with Crippen LogP contribution in [0.15, 0.2) is 70.2 Å². The first kappa shape index (κ1) is 43.1. The van der Waals surface area contributed by atoms with Gasteiger partial charge in [-0.15, -0.1) is 0 Å². The van der Waals surface area contributed by atoms with E-state index in [2.05, 4.69) is 56.9 Å². The van der Waals surface area contributed by atoms with Gasteiger partial charge in [0, 0.05) is 94.0 Å². The summed E-state index contributed by atoms with van der Waals surface area (Å²) in [5.74, 6) is 3.49. The van der Waals surface area contributed by atoms with E-state index in [0.717, 1.165) is 79.4 Å². The maximum absolute atomic E-state index is 12.5. The molecule has 2 aliphatic rings. The number of amides is 1. The van der Waals surface area contributed by atoms with Crippen molar-refractivity contribution in [3.05, 3.63) is 84.0 Å². The monoisotopic (exact) mass is 877 g/mol. The molecule has 2 fully saturated rings. The normalized spacial score (nSPS) is 15.8. The van der Waals surface area contributed by atoms with Crippen LogP contribution in [0.5, 0.6) is 0 Å². The van der Waals surface area contributed by atoms with E-state index in [-0.39, 0.29) is 12.1 Å². The molecule has 1 atom stereocenters. The Bertz CT molecular complexity index is 2950. The number of anilines is 2. The smallest absolute Gasteiger partial charge is 0.410 e. The summed E-state index contributed by atoms with van der Waals surface area (Å²) in [7, 11) is 0. The second-order valence-electron chi connectivity index (χ2n) is 18.1. The van der Waals surface area contributed by atoms with E-state index >= 15 is 0 Å². The zero-order chi connectivity index (χ0) is 45.2. The van der Waals surface area contributed by atoms with Crippen LogP contribution in [0.3, 0.4) is 0 Å². The number of rotatable bonds is 8. The molecular formula is C48H55N13O4. The van der Waals surface area contributed by atoms with Crippen LogP contribution < -0.4 is 10.6 Å². The van der Waals surface area contributed by atoms with Crippen LogP contribution in [0.4, 0.5) is 16.7 Å². The van der Waals surface area contributed by atoms with Crippen molar-refractivity contribution in [2.75, 3.05) is 23.7 Å². The van der Waals surface area contributed by atoms with Gasteiger partial charge in [-0.3, -0.25) is 0 Å². The van der Waals surface area contributed by atoms with Crippen LogP contribution in [0, 0.1) is 27.7 Å². The summed E-state index contributed by atoms with van der Waals surface area (Å²) in [6.07, 6.45) is 15.5. The number of piperidine rings is 1. The van der Waals surface area contributed by atoms with E-state index in [1.807, 2.05) is 96.7 Å². The van der Waals surface area contributed by atoms with Crippen LogP contribution in [0.25, 0.3) is 67.2 Å². The zero-order valence-electron chi connectivity index (χ0n) is 38.0. The molecule has 0 spiro atoms. The third-order valence-corrected chi connectivity index (χ3v) is 11.7. The van der Waals surface area contributed by atoms with Crippen molar-refractivity contribution in [2.24, 2.45) is 0 Å². The summed E-state index contributed by atoms with van der Waals surface area (Å²) in [5.41, 5.74) is 9.06. The number of aromatic amines is 2. The molecule has 2 aromatic carbocycles. The van der Waals surface area contributed by atoms with E-state index < -0.39 is 5.60 Å². The topological polar surface area (TPSA) is 215 Å². The molecule has 17 heteroatoms. The molecule has 8 aromatic rings. The van der Waals surface area contributed by atoms with Crippen molar-refractivity contribution in [3.63, 3.8) is 0 Å². The number of hydrogen-bond donors (Lipinski definition) is 4. The first-order valence-electron chi connectivity index (χ1n) is 22.4. The highest BCUT2D eigenvalue weighted by atomic mass is 16.6. The summed E-state index contributed by atoms with van der Waals surface area (Å²) in [5, 5.41) is 16.9. The second-order valence-corrected chi connectivity index (χ2v) is 18.1. The third-order valence-electron chi connectivity index (χ3n) is 11.7. The largest absolute Gasteiger partial charge is 0.444 e. The Morgan fingerprint density at radius 3 is 1.69 bits per heavy atom. The van der Waals surface area contributed by atoms with Gasteiger partial charge in [-0.1, -0.05) is 41.7 Å². The molecule has 1 amide bonds. The van der Waals surface area contributed by atoms with Gasteiger partial charge in [0.2, 0.25) is 11.9 Å². The first-order valence-corrected chi connectivity index (χ1v) is 22.4. The summed E-state index contributed by atoms with van der Waals surface area (Å²) < 4.78 is 16.2. The van der Waals surface area contributed by atoms with Crippen molar-refractivity contribution in [1.29, 1.82) is 0 Å². The Hall–Kier alpha value is -7.17. The van der Waals surface area contributed by atoms with Gasteiger partial charge in [0.05, 0.1) is 11.4 Å². The van der Waals surface area contributed by atoms with Crippen molar-refractivity contribution in [2.45, 2.75) is 111 Å². The Balaban J connectivity index is 0.000000168. The minimum Gasteiger partial charge on any atom is -0.444 e. The molecule has 1 saturated carbocycles. The number of hydrogen-bond acceptors (Lipinski definition) is 14. The molecule has 0 unspecified atom stereocenters. The maximum Gasteiger partial charge on any atom is 0.410 e. The van der Waals surface area contributed by atoms with Gasteiger partial charge >= 0.3 is 6.09 Å². The lowest BCUT2D eigenvalue weighted by Gasteiger charge is -2.34. The van der Waals surface area contributed by atoms with Gasteiger partial charge in [0.1, 0.15) is 5.60 Å². The number of likely N-dealkylation sites (tertiary alicyclic amines) is 1. The molecule has 10 rings (SSSR count). The number of carbonyl (C=O) groups excluding carboxylic acids is 1. The van der Waals surface area contributed by atoms with E-state index in [1.54, 1.807) is 11.8 Å². The number of nitrogens with zero attached hydrogens (tertiary/aromatic N) is 9. The fourth-order valence-electron chi connectivity index (χ4n) is 8.51. The second kappa shape index (κ2) is 18.1. The summed E-state index contributed by atoms with van der Waals surface area (Å²) in [6, 6.07) is 12.6. The quantitative estimate of drug-likeness (QED) is 0.112. The van der Waals surface area contributed by atoms with Crippen LogP contribution in [-0.4, -0.2) is 92.0 Å². The molecule has 0 bridgehead atoms. The number of nitrogens with one attached hydrogen (secondary N) is 4. The molecule has 1 saturated heterocycles. The molecule has 1 aliphatic heterocycles. The van der Waals surface area contributed by atoms with Crippen molar-refractivity contribution in [3.8, 4) is 45.4 Å². The van der Waals surface area contributed by atoms with Crippen LogP contribution in [0.2, 0.25) is 0 Å². The molecule has 17 nitrogen and oxygen atoms in total. The van der Waals surface area contributed by atoms with Gasteiger partial charge in [-0.05, 0) is 110 Å². The van der Waals surface area contributed by atoms with Gasteiger partial charge in [0.25, 0.3) is 11.8 Å². The van der Waals surface area contributed by atoms with Gasteiger partial charge in [-0.25, -0.2) is 24.7 Å². The van der Waals surface area contributed by atoms with E-state index in [1.165, 1.54) is 32.1 Å². The van der Waals surface area contributed by atoms with Crippen molar-refractivity contribution in [1.82, 2.24) is 55.1 Å². The number of H-pyrrole nitrogens is 2. The minimum absolute atomic E-state index is 0.0465. The molecule has 65 heavy (non-hydrogen) atoms. The molecule has 336 valence electrons. The third kappa shape index (κ3) is 9.83. The van der Waals surface area contributed by atoms with Gasteiger partial charge in [-0.2, -0.15) is 9.97 Å². The van der Waals surface area contributed by atoms with Gasteiger partial charge in [0.15, 0.2) is 11.6 Å². The highest BCUT2D eigenvalue weighted by Gasteiger charge is 2.28. The van der Waals surface area contributed by atoms with E-state index in [4.69, 9.17) is 23.8 Å². The number of aromatic nitrogens is 10. The standard InChI is InChI=1S/C26H31N7O3.C22H24N6O/c1-15-12-28-24(30-18-7-6-10-33(14-18)25(34)35-26(3,4)5)31-22(15)20-13-27-21-11-17(8-9-19(20)21)23-29-16(2)32-36-23;1-13-11-24-22(26-16-6-4-3-5-7-16)27-20(13)18-12-23-19-10-15(8-9-17(18)19)21-25-14(2)28-29-21/h8-9,11-13,18,27H,6-7,10,14H2,1-5H3,(H,28,30,31);8-12,16,23H,3-7H2,1-2H3,(H,24,26,27)/t18-;/m0./s1. The molecule has 6 aromatic heterocycles. The molecule has 4 N–H and O–H groups in total. The highest BCUT2D eigenvalue weighted by molar-refractivity contribution is 5.98. The number of ether oxygens (including phenoxy) is 1. The number of aryl methyl sites for hydroxylation is 4. The summed E-state index contributed by atoms with van der Waals surface area (Å²) in [6.45, 7) is 14.5. The minimum atomic E-state index is -0.517. The van der Waals surface area contributed by atoms with Gasteiger partial charge < -0.3 is 39.3 Å². The van der Waals surface area contributed by atoms with Crippen LogP contribution >= 0.6 is 0 Å². The lowest BCUT2D eigenvalue weighted by atomic mass is 9.96. The molecule has 1 aliphatic carbocycles. The van der Waals surface area contributed by atoms with Crippen LogP contribution in [-0.2, 0) is 4.74 Å². The van der Waals surface area contributed by atoms with E-state index in [9.17, 15) is 4.79 Å². The summed E-state index contributed by atoms with van der Waals surface area (Å²) >= 11 is 0. The average Bonchev–Trinajstić information content (AvgIpc) is 4.12. The van der Waals surface area contributed by atoms with Crippen molar-refractivity contribution >= 4 is 39.8 Å². The average molecular weight is 878 g/mol. The molecule has 7 heterocycles. The maximum atomic E-state index is 12.5. The number of benzene rings is 2. The predicted octanol–water partition coefficient (Wildman–Crippen LogP) is 10.1. The fourth-order valence-corrected chi connectivity index (χ4v) is 8.51. The molecule has 0 radical (unpaired) electrons. The summed E-state index contributed by atoms with van der Waals surface area (Å²) in [4.78, 5) is 48.4. The lowest BCUT2D eigenvalue weighted by Crippen LogP contribution is -2.47. The molecular weight excluding hydrogens is 823 g/mol. The Labute approximate surface area is 376 Å². The number of carbonyl (C=O) groups is 1. The fraction of sp³-hybridized carbons (Fsp3) is 0.396. The zero-order valence-corrected chi connectivity index (χ0v) is 38.0. The Morgan fingerprint density at radius 2 is 1.20 bits per heavy atom. The first-order chi connectivity index (χ1) is 31.3. The van der Waals surface area contributed by atoms with E-state index in [0.29, 0.717) is 54.5 Å². The highest BCUT2D eigenvalue weighted by Crippen LogP contribution is 2.34. The van der Waals surface area contributed by atoms with Crippen LogP contribution in [0.1, 0.15) is 88.5 Å². The van der Waals surface area contributed by atoms with Crippen molar-refractivity contribution < 1.29 is 18.6 Å². The number of fused-ring (bicyclic) bond motifs is 2. The SMILES string of the molecule is Cc1noc(-c2ccc3c(-c4nc(NC5CCCCC5)ncc4C)c[nH]c3c2)n1.Cc1noc(-c2ccc3c(-c4nc(N[C@H]5CCCN(C(=O)OC(C)(C)C)C5)ncc4C)c[nH]c3c2)n1.